The molecule has 0 atom stereocenters. The largest absolute Gasteiger partial charge is 0.389 e. The van der Waals surface area contributed by atoms with E-state index in [1.165, 1.54) is 0 Å². The molecule has 2 rings (SSSR count). The molecule has 2 amide bonds. The highest BCUT2D eigenvalue weighted by atomic mass is 35.5. The quantitative estimate of drug-likeness (QED) is 0.672. The van der Waals surface area contributed by atoms with Gasteiger partial charge in [0.1, 0.15) is 4.99 Å². The number of carbonyl (C=O) groups is 2. The summed E-state index contributed by atoms with van der Waals surface area (Å²) in [6.45, 7) is 0. The van der Waals surface area contributed by atoms with Crippen LogP contribution >= 0.6 is 23.8 Å². The Hall–Kier alpha value is -1.46. The van der Waals surface area contributed by atoms with E-state index in [2.05, 4.69) is 0 Å². The smallest absolute Gasteiger partial charge is 0.233 e. The number of benzene rings is 1. The number of hydrogen-bond donors (Lipinski definition) is 1. The molecule has 0 bridgehead atoms. The van der Waals surface area contributed by atoms with Crippen molar-refractivity contribution < 1.29 is 9.59 Å². The van der Waals surface area contributed by atoms with Crippen LogP contribution in [0.4, 0.5) is 5.69 Å². The van der Waals surface area contributed by atoms with E-state index in [0.717, 1.165) is 4.90 Å². The molecule has 0 aliphatic carbocycles. The van der Waals surface area contributed by atoms with Gasteiger partial charge in [-0.1, -0.05) is 23.8 Å². The zero-order valence-corrected chi connectivity index (χ0v) is 11.8. The Kier molecular flexibility index (Phi) is 4.17. The van der Waals surface area contributed by atoms with Gasteiger partial charge in [0, 0.05) is 23.4 Å². The van der Waals surface area contributed by atoms with Gasteiger partial charge in [-0.2, -0.15) is 0 Å². The molecule has 6 heteroatoms. The second-order valence-electron chi connectivity index (χ2n) is 4.36. The van der Waals surface area contributed by atoms with Gasteiger partial charge in [-0.15, -0.1) is 0 Å². The zero-order valence-electron chi connectivity index (χ0n) is 10.2. The number of anilines is 1. The van der Waals surface area contributed by atoms with Crippen LogP contribution in [0, 0.1) is 0 Å². The predicted octanol–water partition coefficient (Wildman–Crippen LogP) is 2.41. The fraction of sp³-hybridized carbons (Fsp3) is 0.308. The first kappa shape index (κ1) is 14.0. The monoisotopic (exact) mass is 296 g/mol. The summed E-state index contributed by atoms with van der Waals surface area (Å²) in [5.41, 5.74) is 6.52. The van der Waals surface area contributed by atoms with Crippen LogP contribution in [0.25, 0.3) is 0 Å². The Labute approximate surface area is 121 Å². The lowest BCUT2D eigenvalue weighted by Crippen LogP contribution is -2.36. The minimum Gasteiger partial charge on any atom is -0.389 e. The summed E-state index contributed by atoms with van der Waals surface area (Å²) in [5, 5.41) is 0.430. The molecule has 1 fully saturated rings. The van der Waals surface area contributed by atoms with Crippen molar-refractivity contribution >= 4 is 46.3 Å². The first-order chi connectivity index (χ1) is 9.00. The molecule has 1 aromatic carbocycles. The normalized spacial score (nSPS) is 16.4. The maximum atomic E-state index is 12.1. The van der Waals surface area contributed by atoms with E-state index in [-0.39, 0.29) is 16.8 Å². The minimum absolute atomic E-state index is 0.136. The highest BCUT2D eigenvalue weighted by molar-refractivity contribution is 7.80. The molecule has 0 unspecified atom stereocenters. The van der Waals surface area contributed by atoms with Gasteiger partial charge in [0.2, 0.25) is 11.8 Å². The zero-order chi connectivity index (χ0) is 14.0. The van der Waals surface area contributed by atoms with Gasteiger partial charge < -0.3 is 5.73 Å². The number of halogens is 1. The average molecular weight is 297 g/mol. The van der Waals surface area contributed by atoms with Gasteiger partial charge in [-0.3, -0.25) is 9.59 Å². The summed E-state index contributed by atoms with van der Waals surface area (Å²) in [7, 11) is 0. The molecule has 0 aromatic heterocycles. The first-order valence-electron chi connectivity index (χ1n) is 5.96. The van der Waals surface area contributed by atoms with Crippen LogP contribution in [0.3, 0.4) is 0 Å². The number of rotatable bonds is 2. The van der Waals surface area contributed by atoms with Gasteiger partial charge in [-0.05, 0) is 31.0 Å². The Morgan fingerprint density at radius 1 is 1.21 bits per heavy atom. The highest BCUT2D eigenvalue weighted by Gasteiger charge is 2.28. The van der Waals surface area contributed by atoms with Gasteiger partial charge in [-0.25, -0.2) is 4.90 Å². The molecule has 0 spiro atoms. The van der Waals surface area contributed by atoms with E-state index in [1.807, 2.05) is 0 Å². The molecule has 19 heavy (non-hydrogen) atoms. The van der Waals surface area contributed by atoms with Crippen molar-refractivity contribution in [3.05, 3.63) is 28.8 Å². The standard InChI is InChI=1S/C13H13ClN2O2S/c14-8-5-6-9(13(15)19)10(7-8)16-11(17)3-1-2-4-12(16)18/h5-7H,1-4H2,(H2,15,19). The summed E-state index contributed by atoms with van der Waals surface area (Å²) < 4.78 is 0. The van der Waals surface area contributed by atoms with Crippen molar-refractivity contribution in [3.63, 3.8) is 0 Å². The Morgan fingerprint density at radius 2 is 1.79 bits per heavy atom. The molecule has 1 heterocycles. The van der Waals surface area contributed by atoms with Crippen molar-refractivity contribution in [3.8, 4) is 0 Å². The van der Waals surface area contributed by atoms with E-state index in [4.69, 9.17) is 29.6 Å². The SMILES string of the molecule is NC(=S)c1ccc(Cl)cc1N1C(=O)CCCCC1=O. The van der Waals surface area contributed by atoms with E-state index in [9.17, 15) is 9.59 Å². The summed E-state index contributed by atoms with van der Waals surface area (Å²) in [5.74, 6) is -0.468. The van der Waals surface area contributed by atoms with Crippen LogP contribution in [0.15, 0.2) is 18.2 Å². The van der Waals surface area contributed by atoms with Crippen molar-refractivity contribution in [2.24, 2.45) is 5.73 Å². The molecule has 2 N–H and O–H groups in total. The van der Waals surface area contributed by atoms with Crippen molar-refractivity contribution in [1.82, 2.24) is 0 Å². The fourth-order valence-corrected chi connectivity index (χ4v) is 2.42. The molecule has 1 aliphatic heterocycles. The molecule has 1 saturated heterocycles. The summed E-state index contributed by atoms with van der Waals surface area (Å²) in [6.07, 6.45) is 2.11. The predicted molar refractivity (Wildman–Crippen MR) is 78.3 cm³/mol. The number of amides is 2. The van der Waals surface area contributed by atoms with Crippen molar-refractivity contribution in [2.45, 2.75) is 25.7 Å². The van der Waals surface area contributed by atoms with Crippen LogP contribution in [-0.2, 0) is 9.59 Å². The highest BCUT2D eigenvalue weighted by Crippen LogP contribution is 2.28. The molecular formula is C13H13ClN2O2S. The van der Waals surface area contributed by atoms with Crippen LogP contribution < -0.4 is 10.6 Å². The summed E-state index contributed by atoms with van der Waals surface area (Å²) in [4.78, 5) is 25.5. The Morgan fingerprint density at radius 3 is 2.32 bits per heavy atom. The number of imide groups is 1. The lowest BCUT2D eigenvalue weighted by atomic mass is 10.1. The maximum Gasteiger partial charge on any atom is 0.233 e. The lowest BCUT2D eigenvalue weighted by Gasteiger charge is -2.21. The third-order valence-corrected chi connectivity index (χ3v) is 3.45. The summed E-state index contributed by atoms with van der Waals surface area (Å²) in [6, 6.07) is 4.81. The third-order valence-electron chi connectivity index (χ3n) is 3.00. The van der Waals surface area contributed by atoms with Crippen molar-refractivity contribution in [1.29, 1.82) is 0 Å². The number of thiocarbonyl (C=S) groups is 1. The van der Waals surface area contributed by atoms with Crippen molar-refractivity contribution in [2.75, 3.05) is 4.90 Å². The Bertz CT molecular complexity index is 542. The van der Waals surface area contributed by atoms with Gasteiger partial charge in [0.05, 0.1) is 5.69 Å². The molecule has 100 valence electrons. The lowest BCUT2D eigenvalue weighted by molar-refractivity contribution is -0.125. The molecule has 1 aliphatic rings. The third kappa shape index (κ3) is 2.93. The van der Waals surface area contributed by atoms with Crippen LogP contribution in [0.1, 0.15) is 31.2 Å². The second-order valence-corrected chi connectivity index (χ2v) is 5.23. The molecular weight excluding hydrogens is 284 g/mol. The van der Waals surface area contributed by atoms with E-state index in [0.29, 0.717) is 42.0 Å². The van der Waals surface area contributed by atoms with Crippen LogP contribution in [-0.4, -0.2) is 16.8 Å². The van der Waals surface area contributed by atoms with Gasteiger partial charge in [0.15, 0.2) is 0 Å². The first-order valence-corrected chi connectivity index (χ1v) is 6.74. The molecule has 4 nitrogen and oxygen atoms in total. The number of nitrogens with two attached hydrogens (primary N) is 1. The van der Waals surface area contributed by atoms with E-state index >= 15 is 0 Å². The van der Waals surface area contributed by atoms with E-state index in [1.54, 1.807) is 18.2 Å². The topological polar surface area (TPSA) is 63.4 Å². The number of nitrogens with zero attached hydrogens (tertiary/aromatic N) is 1. The fourth-order valence-electron chi connectivity index (χ4n) is 2.08. The van der Waals surface area contributed by atoms with Gasteiger partial charge in [0.25, 0.3) is 0 Å². The molecule has 0 radical (unpaired) electrons. The minimum atomic E-state index is -0.234. The molecule has 0 saturated carbocycles. The molecule has 1 aromatic rings. The number of hydrogen-bond acceptors (Lipinski definition) is 3. The second kappa shape index (κ2) is 5.67. The van der Waals surface area contributed by atoms with E-state index < -0.39 is 0 Å². The average Bonchev–Trinajstić information content (AvgIpc) is 2.50. The summed E-state index contributed by atoms with van der Waals surface area (Å²) >= 11 is 10.9. The maximum absolute atomic E-state index is 12.1. The van der Waals surface area contributed by atoms with Crippen LogP contribution in [0.2, 0.25) is 5.02 Å². The Balaban J connectivity index is 2.54. The van der Waals surface area contributed by atoms with Gasteiger partial charge >= 0.3 is 0 Å². The number of carbonyl (C=O) groups excluding carboxylic acids is 2. The van der Waals surface area contributed by atoms with Crippen LogP contribution in [0.5, 0.6) is 0 Å².